The maximum absolute atomic E-state index is 13.2. The van der Waals surface area contributed by atoms with E-state index in [1.807, 2.05) is 54.1 Å². The average Bonchev–Trinajstić information content (AvgIpc) is 3.27. The molecule has 172 valence electrons. The molecule has 33 heavy (non-hydrogen) atoms. The van der Waals surface area contributed by atoms with Crippen LogP contribution in [0.4, 0.5) is 0 Å². The van der Waals surface area contributed by atoms with Crippen molar-refractivity contribution in [3.05, 3.63) is 77.6 Å². The SMILES string of the molecule is Cc1nc(CC(=O)N2CCC(C(Cc3ccccc3)N(C)C(=O)c3ccccn3)CC2)n[nH]1. The molecule has 2 amide bonds. The van der Waals surface area contributed by atoms with E-state index in [0.717, 1.165) is 19.3 Å². The van der Waals surface area contributed by atoms with E-state index in [2.05, 4.69) is 32.3 Å². The van der Waals surface area contributed by atoms with Crippen LogP contribution >= 0.6 is 0 Å². The average molecular weight is 447 g/mol. The Labute approximate surface area is 194 Å². The van der Waals surface area contributed by atoms with Crippen LogP contribution < -0.4 is 0 Å². The van der Waals surface area contributed by atoms with Gasteiger partial charge in [0.2, 0.25) is 5.91 Å². The van der Waals surface area contributed by atoms with Gasteiger partial charge in [-0.2, -0.15) is 5.10 Å². The highest BCUT2D eigenvalue weighted by atomic mass is 16.2. The summed E-state index contributed by atoms with van der Waals surface area (Å²) in [4.78, 5) is 38.1. The molecule has 1 unspecified atom stereocenters. The van der Waals surface area contributed by atoms with Gasteiger partial charge in [-0.15, -0.1) is 0 Å². The predicted molar refractivity (Wildman–Crippen MR) is 124 cm³/mol. The summed E-state index contributed by atoms with van der Waals surface area (Å²) in [5.41, 5.74) is 1.65. The number of aromatic amines is 1. The van der Waals surface area contributed by atoms with Gasteiger partial charge in [-0.3, -0.25) is 19.7 Å². The van der Waals surface area contributed by atoms with Crippen LogP contribution in [0.25, 0.3) is 0 Å². The van der Waals surface area contributed by atoms with Crippen LogP contribution in [0.3, 0.4) is 0 Å². The molecule has 1 atom stereocenters. The Morgan fingerprint density at radius 3 is 2.48 bits per heavy atom. The molecule has 1 aliphatic rings. The summed E-state index contributed by atoms with van der Waals surface area (Å²) in [6.45, 7) is 3.16. The summed E-state index contributed by atoms with van der Waals surface area (Å²) >= 11 is 0. The minimum Gasteiger partial charge on any atom is -0.342 e. The van der Waals surface area contributed by atoms with E-state index >= 15 is 0 Å². The summed E-state index contributed by atoms with van der Waals surface area (Å²) < 4.78 is 0. The van der Waals surface area contributed by atoms with Crippen LogP contribution in [0.2, 0.25) is 0 Å². The number of aromatic nitrogens is 4. The molecule has 4 rings (SSSR count). The highest BCUT2D eigenvalue weighted by molar-refractivity contribution is 5.92. The number of aryl methyl sites for hydroxylation is 1. The number of hydrogen-bond acceptors (Lipinski definition) is 5. The summed E-state index contributed by atoms with van der Waals surface area (Å²) in [7, 11) is 1.87. The number of hydrogen-bond donors (Lipinski definition) is 1. The Balaban J connectivity index is 1.44. The molecule has 8 nitrogen and oxygen atoms in total. The van der Waals surface area contributed by atoms with Gasteiger partial charge in [0.05, 0.1) is 6.42 Å². The maximum atomic E-state index is 13.2. The fourth-order valence-corrected chi connectivity index (χ4v) is 4.54. The van der Waals surface area contributed by atoms with Gasteiger partial charge in [0.15, 0.2) is 5.82 Å². The molecule has 3 heterocycles. The Kier molecular flexibility index (Phi) is 7.12. The molecule has 2 aromatic heterocycles. The number of amides is 2. The number of nitrogens with one attached hydrogen (secondary N) is 1. The Hall–Kier alpha value is -3.55. The molecular weight excluding hydrogens is 416 g/mol. The zero-order valence-corrected chi connectivity index (χ0v) is 19.1. The first-order valence-corrected chi connectivity index (χ1v) is 11.4. The quantitative estimate of drug-likeness (QED) is 0.602. The second kappa shape index (κ2) is 10.4. The number of piperidine rings is 1. The van der Waals surface area contributed by atoms with E-state index < -0.39 is 0 Å². The van der Waals surface area contributed by atoms with Crippen LogP contribution in [-0.4, -0.2) is 68.0 Å². The van der Waals surface area contributed by atoms with Crippen LogP contribution in [0.5, 0.6) is 0 Å². The predicted octanol–water partition coefficient (Wildman–Crippen LogP) is 2.67. The number of likely N-dealkylation sites (N-methyl/N-ethyl adjacent to an activating group) is 1. The molecule has 0 aliphatic carbocycles. The third kappa shape index (κ3) is 5.63. The molecular formula is C25H30N6O2. The van der Waals surface area contributed by atoms with Crippen molar-refractivity contribution < 1.29 is 9.59 Å². The van der Waals surface area contributed by atoms with E-state index in [-0.39, 0.29) is 30.2 Å². The summed E-state index contributed by atoms with van der Waals surface area (Å²) in [6, 6.07) is 15.7. The van der Waals surface area contributed by atoms with E-state index in [1.165, 1.54) is 5.56 Å². The van der Waals surface area contributed by atoms with Gasteiger partial charge >= 0.3 is 0 Å². The van der Waals surface area contributed by atoms with E-state index in [4.69, 9.17) is 0 Å². The molecule has 0 bridgehead atoms. The third-order valence-electron chi connectivity index (χ3n) is 6.38. The van der Waals surface area contributed by atoms with E-state index in [0.29, 0.717) is 30.4 Å². The van der Waals surface area contributed by atoms with Gasteiger partial charge in [0, 0.05) is 32.4 Å². The molecule has 3 aromatic rings. The largest absolute Gasteiger partial charge is 0.342 e. The lowest BCUT2D eigenvalue weighted by Crippen LogP contribution is -2.48. The van der Waals surface area contributed by atoms with Crippen LogP contribution in [0, 0.1) is 12.8 Å². The number of likely N-dealkylation sites (tertiary alicyclic amines) is 1. The molecule has 8 heteroatoms. The number of rotatable bonds is 7. The smallest absolute Gasteiger partial charge is 0.272 e. The van der Waals surface area contributed by atoms with Crippen molar-refractivity contribution in [2.45, 2.75) is 38.6 Å². The number of pyridine rings is 1. The minimum atomic E-state index is -0.0741. The van der Waals surface area contributed by atoms with Crippen LogP contribution in [-0.2, 0) is 17.6 Å². The zero-order valence-electron chi connectivity index (χ0n) is 19.1. The molecule has 1 N–H and O–H groups in total. The molecule has 1 fully saturated rings. The van der Waals surface area contributed by atoms with Gasteiger partial charge in [-0.05, 0) is 49.8 Å². The second-order valence-electron chi connectivity index (χ2n) is 8.62. The van der Waals surface area contributed by atoms with Gasteiger partial charge in [-0.25, -0.2) is 4.98 Å². The monoisotopic (exact) mass is 446 g/mol. The van der Waals surface area contributed by atoms with Crippen molar-refractivity contribution in [2.24, 2.45) is 5.92 Å². The Bertz CT molecular complexity index is 1060. The van der Waals surface area contributed by atoms with Crippen LogP contribution in [0.1, 0.15) is 40.5 Å². The van der Waals surface area contributed by atoms with E-state index in [9.17, 15) is 9.59 Å². The van der Waals surface area contributed by atoms with Gasteiger partial charge < -0.3 is 9.80 Å². The lowest BCUT2D eigenvalue weighted by Gasteiger charge is -2.40. The molecule has 0 radical (unpaired) electrons. The van der Waals surface area contributed by atoms with Crippen molar-refractivity contribution in [2.75, 3.05) is 20.1 Å². The lowest BCUT2D eigenvalue weighted by molar-refractivity contribution is -0.132. The number of H-pyrrole nitrogens is 1. The summed E-state index contributed by atoms with van der Waals surface area (Å²) in [5, 5.41) is 6.86. The Morgan fingerprint density at radius 1 is 1.12 bits per heavy atom. The first kappa shape index (κ1) is 22.6. The third-order valence-corrected chi connectivity index (χ3v) is 6.38. The standard InChI is InChI=1S/C25H30N6O2/c1-18-27-23(29-28-18)17-24(32)31-14-11-20(12-15-31)22(16-19-8-4-3-5-9-19)30(2)25(33)21-10-6-7-13-26-21/h3-10,13,20,22H,11-12,14-17H2,1-2H3,(H,27,28,29). The first-order valence-electron chi connectivity index (χ1n) is 11.4. The molecule has 1 aliphatic heterocycles. The first-order chi connectivity index (χ1) is 16.0. The minimum absolute atomic E-state index is 0.0230. The summed E-state index contributed by atoms with van der Waals surface area (Å²) in [5.74, 6) is 1.50. The van der Waals surface area contributed by atoms with Gasteiger partial charge in [0.25, 0.3) is 5.91 Å². The van der Waals surface area contributed by atoms with Gasteiger partial charge in [0.1, 0.15) is 11.5 Å². The summed E-state index contributed by atoms with van der Waals surface area (Å²) in [6.07, 6.45) is 4.31. The zero-order chi connectivity index (χ0) is 23.2. The number of carbonyl (C=O) groups is 2. The van der Waals surface area contributed by atoms with Crippen molar-refractivity contribution in [3.63, 3.8) is 0 Å². The fraction of sp³-hybridized carbons (Fsp3) is 0.400. The van der Waals surface area contributed by atoms with Crippen molar-refractivity contribution in [3.8, 4) is 0 Å². The molecule has 0 saturated carbocycles. The number of carbonyl (C=O) groups excluding carboxylic acids is 2. The number of nitrogens with zero attached hydrogens (tertiary/aromatic N) is 5. The van der Waals surface area contributed by atoms with Crippen molar-refractivity contribution >= 4 is 11.8 Å². The highest BCUT2D eigenvalue weighted by Gasteiger charge is 2.33. The lowest BCUT2D eigenvalue weighted by atomic mass is 9.84. The van der Waals surface area contributed by atoms with Crippen LogP contribution in [0.15, 0.2) is 54.7 Å². The topological polar surface area (TPSA) is 95.1 Å². The molecule has 0 spiro atoms. The Morgan fingerprint density at radius 2 is 1.85 bits per heavy atom. The number of benzene rings is 1. The van der Waals surface area contributed by atoms with Crippen molar-refractivity contribution in [1.29, 1.82) is 0 Å². The normalized spacial score (nSPS) is 15.3. The van der Waals surface area contributed by atoms with Crippen molar-refractivity contribution in [1.82, 2.24) is 30.0 Å². The second-order valence-corrected chi connectivity index (χ2v) is 8.62. The van der Waals surface area contributed by atoms with Gasteiger partial charge in [-0.1, -0.05) is 36.4 Å². The van der Waals surface area contributed by atoms with E-state index in [1.54, 1.807) is 12.3 Å². The fourth-order valence-electron chi connectivity index (χ4n) is 4.54. The molecule has 1 saturated heterocycles. The maximum Gasteiger partial charge on any atom is 0.272 e. The highest BCUT2D eigenvalue weighted by Crippen LogP contribution is 2.27. The molecule has 1 aromatic carbocycles.